The summed E-state index contributed by atoms with van der Waals surface area (Å²) in [5.41, 5.74) is 2.85. The van der Waals surface area contributed by atoms with Crippen molar-refractivity contribution < 1.29 is 18.8 Å². The predicted octanol–water partition coefficient (Wildman–Crippen LogP) is 4.12. The average Bonchev–Trinajstić information content (AvgIpc) is 3.46. The van der Waals surface area contributed by atoms with E-state index < -0.39 is 11.8 Å². The van der Waals surface area contributed by atoms with E-state index >= 15 is 0 Å². The monoisotopic (exact) mass is 429 g/mol. The Balaban J connectivity index is 1.50. The Kier molecular flexibility index (Phi) is 6.17. The molecule has 1 fully saturated rings. The van der Waals surface area contributed by atoms with Crippen molar-refractivity contribution in [2.75, 3.05) is 16.8 Å². The molecule has 0 saturated carbocycles. The molecule has 0 atom stereocenters. The minimum absolute atomic E-state index is 0.0457. The van der Waals surface area contributed by atoms with Gasteiger partial charge in [0.15, 0.2) is 0 Å². The van der Waals surface area contributed by atoms with Gasteiger partial charge in [0, 0.05) is 36.0 Å². The Morgan fingerprint density at radius 1 is 1.03 bits per heavy atom. The maximum atomic E-state index is 13.0. The van der Waals surface area contributed by atoms with Crippen molar-refractivity contribution in [1.29, 1.82) is 0 Å². The van der Waals surface area contributed by atoms with Crippen LogP contribution in [0.15, 0.2) is 77.0 Å². The number of hydrogen-bond acceptors (Lipinski definition) is 4. The van der Waals surface area contributed by atoms with Crippen LogP contribution in [-0.4, -0.2) is 24.3 Å². The zero-order valence-corrected chi connectivity index (χ0v) is 17.6. The molecule has 4 rings (SSSR count). The fourth-order valence-electron chi connectivity index (χ4n) is 3.42. The van der Waals surface area contributed by atoms with Crippen LogP contribution >= 0.6 is 0 Å². The van der Waals surface area contributed by atoms with Crippen LogP contribution in [0.4, 0.5) is 11.4 Å². The molecule has 0 spiro atoms. The second-order valence-corrected chi connectivity index (χ2v) is 7.54. The Bertz CT molecular complexity index is 1150. The molecule has 1 saturated heterocycles. The Labute approximate surface area is 185 Å². The van der Waals surface area contributed by atoms with Crippen molar-refractivity contribution >= 4 is 35.2 Å². The lowest BCUT2D eigenvalue weighted by Gasteiger charge is -2.16. The Morgan fingerprint density at radius 2 is 1.78 bits per heavy atom. The van der Waals surface area contributed by atoms with Crippen molar-refractivity contribution in [2.24, 2.45) is 0 Å². The molecule has 0 radical (unpaired) electrons. The largest absolute Gasteiger partial charge is 0.465 e. The Morgan fingerprint density at radius 3 is 2.41 bits per heavy atom. The minimum Gasteiger partial charge on any atom is -0.465 e. The molecule has 3 amide bonds. The number of rotatable bonds is 6. The number of carbonyl (C=O) groups is 3. The first-order valence-electron chi connectivity index (χ1n) is 10.3. The van der Waals surface area contributed by atoms with E-state index in [0.717, 1.165) is 17.7 Å². The number of hydrogen-bond donors (Lipinski definition) is 2. The summed E-state index contributed by atoms with van der Waals surface area (Å²) >= 11 is 0. The van der Waals surface area contributed by atoms with Gasteiger partial charge in [0.25, 0.3) is 11.8 Å². The van der Waals surface area contributed by atoms with Crippen LogP contribution in [0.3, 0.4) is 0 Å². The highest BCUT2D eigenvalue weighted by Gasteiger charge is 2.21. The molecule has 162 valence electrons. The molecule has 3 aromatic rings. The van der Waals surface area contributed by atoms with Crippen LogP contribution < -0.4 is 15.5 Å². The van der Waals surface area contributed by atoms with Crippen LogP contribution in [0.25, 0.3) is 6.08 Å². The van der Waals surface area contributed by atoms with E-state index in [1.165, 1.54) is 12.3 Å². The van der Waals surface area contributed by atoms with Gasteiger partial charge in [-0.1, -0.05) is 17.7 Å². The molecule has 7 heteroatoms. The summed E-state index contributed by atoms with van der Waals surface area (Å²) in [4.78, 5) is 39.3. The number of benzene rings is 2. The van der Waals surface area contributed by atoms with E-state index in [1.807, 2.05) is 19.1 Å². The lowest BCUT2D eigenvalue weighted by Crippen LogP contribution is -2.30. The van der Waals surface area contributed by atoms with Crippen LogP contribution in [0.1, 0.15) is 34.5 Å². The lowest BCUT2D eigenvalue weighted by molar-refractivity contribution is -0.117. The number of amides is 3. The molecular formula is C25H23N3O4. The van der Waals surface area contributed by atoms with Gasteiger partial charge in [-0.15, -0.1) is 0 Å². The number of nitrogens with one attached hydrogen (secondary N) is 2. The highest BCUT2D eigenvalue weighted by atomic mass is 16.3. The maximum absolute atomic E-state index is 13.0. The highest BCUT2D eigenvalue weighted by molar-refractivity contribution is 6.10. The average molecular weight is 429 g/mol. The SMILES string of the molecule is Cc1ccc(C(=O)N/C(=C\c2ccco2)C(=O)Nc2ccc(N3CCCC3=O)cc2)cc1. The zero-order valence-electron chi connectivity index (χ0n) is 17.6. The van der Waals surface area contributed by atoms with Gasteiger partial charge in [0.05, 0.1) is 6.26 Å². The van der Waals surface area contributed by atoms with Gasteiger partial charge in [-0.05, 0) is 61.9 Å². The number of nitrogens with zero attached hydrogens (tertiary/aromatic N) is 1. The van der Waals surface area contributed by atoms with Crippen LogP contribution in [0.5, 0.6) is 0 Å². The molecule has 1 aromatic heterocycles. The molecule has 32 heavy (non-hydrogen) atoms. The summed E-state index contributed by atoms with van der Waals surface area (Å²) in [6.45, 7) is 2.63. The summed E-state index contributed by atoms with van der Waals surface area (Å²) < 4.78 is 5.30. The fourth-order valence-corrected chi connectivity index (χ4v) is 3.42. The van der Waals surface area contributed by atoms with Crippen molar-refractivity contribution in [2.45, 2.75) is 19.8 Å². The topological polar surface area (TPSA) is 91.7 Å². The highest BCUT2D eigenvalue weighted by Crippen LogP contribution is 2.23. The summed E-state index contributed by atoms with van der Waals surface area (Å²) in [7, 11) is 0. The Hall–Kier alpha value is -4.13. The van der Waals surface area contributed by atoms with Gasteiger partial charge in [0.1, 0.15) is 11.5 Å². The van der Waals surface area contributed by atoms with E-state index in [-0.39, 0.29) is 11.6 Å². The van der Waals surface area contributed by atoms with Gasteiger partial charge in [-0.25, -0.2) is 0 Å². The molecule has 1 aliphatic heterocycles. The van der Waals surface area contributed by atoms with E-state index in [9.17, 15) is 14.4 Å². The molecule has 0 unspecified atom stereocenters. The zero-order chi connectivity index (χ0) is 22.5. The molecular weight excluding hydrogens is 406 g/mol. The third-order valence-electron chi connectivity index (χ3n) is 5.15. The quantitative estimate of drug-likeness (QED) is 0.577. The van der Waals surface area contributed by atoms with Gasteiger partial charge in [-0.3, -0.25) is 14.4 Å². The smallest absolute Gasteiger partial charge is 0.272 e. The van der Waals surface area contributed by atoms with Gasteiger partial charge >= 0.3 is 0 Å². The molecule has 7 nitrogen and oxygen atoms in total. The lowest BCUT2D eigenvalue weighted by atomic mass is 10.1. The maximum Gasteiger partial charge on any atom is 0.272 e. The normalized spacial score (nSPS) is 13.8. The third-order valence-corrected chi connectivity index (χ3v) is 5.15. The van der Waals surface area contributed by atoms with Crippen molar-refractivity contribution in [3.05, 3.63) is 89.5 Å². The van der Waals surface area contributed by atoms with Crippen LogP contribution in [0.2, 0.25) is 0 Å². The molecule has 0 bridgehead atoms. The first kappa shape index (κ1) is 21.1. The van der Waals surface area contributed by atoms with Crippen molar-refractivity contribution in [3.8, 4) is 0 Å². The summed E-state index contributed by atoms with van der Waals surface area (Å²) in [6.07, 6.45) is 4.36. The number of carbonyl (C=O) groups excluding carboxylic acids is 3. The second kappa shape index (κ2) is 9.34. The summed E-state index contributed by atoms with van der Waals surface area (Å²) in [5, 5.41) is 5.45. The first-order valence-corrected chi connectivity index (χ1v) is 10.3. The number of anilines is 2. The second-order valence-electron chi connectivity index (χ2n) is 7.54. The van der Waals surface area contributed by atoms with Crippen molar-refractivity contribution in [1.82, 2.24) is 5.32 Å². The van der Waals surface area contributed by atoms with Gasteiger partial charge < -0.3 is 20.0 Å². The molecule has 1 aliphatic rings. The fraction of sp³-hybridized carbons (Fsp3) is 0.160. The summed E-state index contributed by atoms with van der Waals surface area (Å²) in [6, 6.07) is 17.5. The first-order chi connectivity index (χ1) is 15.5. The molecule has 2 heterocycles. The third kappa shape index (κ3) is 4.95. The van der Waals surface area contributed by atoms with Gasteiger partial charge in [0.2, 0.25) is 5.91 Å². The minimum atomic E-state index is -0.494. The molecule has 0 aliphatic carbocycles. The van der Waals surface area contributed by atoms with Crippen LogP contribution in [-0.2, 0) is 9.59 Å². The van der Waals surface area contributed by atoms with E-state index in [0.29, 0.717) is 30.0 Å². The standard InChI is InChI=1S/C25H23N3O4/c1-17-6-8-18(9-7-17)24(30)27-22(16-21-4-3-15-32-21)25(31)26-19-10-12-20(13-11-19)28-14-2-5-23(28)29/h3-4,6-13,15-16H,2,5,14H2,1H3,(H,26,31)(H,27,30)/b22-16-. The van der Waals surface area contributed by atoms with E-state index in [4.69, 9.17) is 4.42 Å². The molecule has 2 N–H and O–H groups in total. The van der Waals surface area contributed by atoms with E-state index in [2.05, 4.69) is 10.6 Å². The van der Waals surface area contributed by atoms with Gasteiger partial charge in [-0.2, -0.15) is 0 Å². The summed E-state index contributed by atoms with van der Waals surface area (Å²) in [5.74, 6) is -0.362. The van der Waals surface area contributed by atoms with E-state index in [1.54, 1.807) is 53.4 Å². The van der Waals surface area contributed by atoms with Crippen LogP contribution in [0, 0.1) is 6.92 Å². The number of aryl methyl sites for hydroxylation is 1. The van der Waals surface area contributed by atoms with Crippen molar-refractivity contribution in [3.63, 3.8) is 0 Å². The predicted molar refractivity (Wildman–Crippen MR) is 122 cm³/mol. The molecule has 2 aromatic carbocycles. The number of furan rings is 1.